The van der Waals surface area contributed by atoms with Crippen molar-refractivity contribution in [3.05, 3.63) is 65.0 Å². The lowest BCUT2D eigenvalue weighted by Crippen LogP contribution is -2.23. The number of halogens is 1. The number of carbonyl (C=O) groups excluding carboxylic acids is 1. The van der Waals surface area contributed by atoms with Gasteiger partial charge in [-0.3, -0.25) is 10.6 Å². The summed E-state index contributed by atoms with van der Waals surface area (Å²) in [6.07, 6.45) is 0. The van der Waals surface area contributed by atoms with Gasteiger partial charge in [-0.05, 0) is 48.4 Å². The summed E-state index contributed by atoms with van der Waals surface area (Å²) in [7, 11) is 0. The van der Waals surface area contributed by atoms with Gasteiger partial charge in [0, 0.05) is 12.1 Å². The summed E-state index contributed by atoms with van der Waals surface area (Å²) in [6, 6.07) is 11.3. The molecule has 5 heteroatoms. The van der Waals surface area contributed by atoms with Gasteiger partial charge in [0.2, 0.25) is 0 Å². The maximum Gasteiger partial charge on any atom is 0.251 e. The van der Waals surface area contributed by atoms with Crippen molar-refractivity contribution in [1.29, 1.82) is 0 Å². The Labute approximate surface area is 116 Å². The molecule has 2 rings (SSSR count). The number of benzene rings is 2. The van der Waals surface area contributed by atoms with Crippen LogP contribution in [0.1, 0.15) is 21.5 Å². The van der Waals surface area contributed by atoms with Crippen molar-refractivity contribution in [2.45, 2.75) is 13.5 Å². The summed E-state index contributed by atoms with van der Waals surface area (Å²) in [5.74, 6) is 4.82. The molecule has 0 aliphatic rings. The van der Waals surface area contributed by atoms with E-state index in [1.807, 2.05) is 6.92 Å². The summed E-state index contributed by atoms with van der Waals surface area (Å²) in [5.41, 5.74) is 5.46. The average Bonchev–Trinajstić information content (AvgIpc) is 2.44. The number of rotatable bonds is 4. The second kappa shape index (κ2) is 6.16. The van der Waals surface area contributed by atoms with Gasteiger partial charge in [0.25, 0.3) is 5.91 Å². The second-order valence-electron chi connectivity index (χ2n) is 4.49. The van der Waals surface area contributed by atoms with Crippen molar-refractivity contribution >= 4 is 11.6 Å². The Morgan fingerprint density at radius 1 is 1.25 bits per heavy atom. The number of amides is 1. The molecule has 0 radical (unpaired) electrons. The summed E-state index contributed by atoms with van der Waals surface area (Å²) >= 11 is 0. The van der Waals surface area contributed by atoms with Gasteiger partial charge >= 0.3 is 0 Å². The summed E-state index contributed by atoms with van der Waals surface area (Å²) in [6.45, 7) is 2.14. The van der Waals surface area contributed by atoms with Gasteiger partial charge < -0.3 is 10.7 Å². The third kappa shape index (κ3) is 3.33. The molecule has 20 heavy (non-hydrogen) atoms. The van der Waals surface area contributed by atoms with Gasteiger partial charge in [0.1, 0.15) is 5.82 Å². The Morgan fingerprint density at radius 2 is 2.05 bits per heavy atom. The molecule has 0 saturated heterocycles. The quantitative estimate of drug-likeness (QED) is 0.591. The zero-order valence-corrected chi connectivity index (χ0v) is 11.1. The van der Waals surface area contributed by atoms with E-state index in [1.54, 1.807) is 30.3 Å². The predicted octanol–water partition coefficient (Wildman–Crippen LogP) is 2.35. The van der Waals surface area contributed by atoms with Crippen LogP contribution in [0.4, 0.5) is 10.1 Å². The molecule has 1 amide bonds. The SMILES string of the molecule is Cc1cc(C(=O)NCc2cccc(F)c2)ccc1NN. The van der Waals surface area contributed by atoms with Crippen molar-refractivity contribution < 1.29 is 9.18 Å². The minimum absolute atomic E-state index is 0.207. The monoisotopic (exact) mass is 273 g/mol. The lowest BCUT2D eigenvalue weighted by Gasteiger charge is -2.09. The molecule has 0 unspecified atom stereocenters. The molecule has 2 aromatic rings. The van der Waals surface area contributed by atoms with Gasteiger partial charge in [-0.1, -0.05) is 12.1 Å². The Hall–Kier alpha value is -2.40. The number of hydrogen-bond donors (Lipinski definition) is 3. The molecule has 0 fully saturated rings. The molecule has 0 saturated carbocycles. The topological polar surface area (TPSA) is 67.2 Å². The molecule has 104 valence electrons. The third-order valence-electron chi connectivity index (χ3n) is 2.99. The lowest BCUT2D eigenvalue weighted by molar-refractivity contribution is 0.0951. The van der Waals surface area contributed by atoms with E-state index in [0.717, 1.165) is 16.8 Å². The maximum absolute atomic E-state index is 13.0. The Bertz CT molecular complexity index is 628. The fourth-order valence-corrected chi connectivity index (χ4v) is 1.90. The minimum atomic E-state index is -0.314. The molecule has 4 N–H and O–H groups in total. The number of hydrogen-bond acceptors (Lipinski definition) is 3. The van der Waals surface area contributed by atoms with Crippen molar-refractivity contribution in [2.24, 2.45) is 5.84 Å². The predicted molar refractivity (Wildman–Crippen MR) is 76.6 cm³/mol. The Morgan fingerprint density at radius 3 is 2.70 bits per heavy atom. The van der Waals surface area contributed by atoms with Crippen LogP contribution in [0.3, 0.4) is 0 Å². The highest BCUT2D eigenvalue weighted by molar-refractivity contribution is 5.94. The number of nitrogen functional groups attached to an aromatic ring is 1. The molecule has 0 aromatic heterocycles. The molecule has 0 aliphatic carbocycles. The van der Waals surface area contributed by atoms with Gasteiger partial charge in [0.05, 0.1) is 5.69 Å². The van der Waals surface area contributed by atoms with Gasteiger partial charge in [-0.15, -0.1) is 0 Å². The molecule has 0 aliphatic heterocycles. The number of carbonyl (C=O) groups is 1. The van der Waals surface area contributed by atoms with E-state index in [0.29, 0.717) is 5.56 Å². The van der Waals surface area contributed by atoms with Gasteiger partial charge in [-0.25, -0.2) is 4.39 Å². The normalized spacial score (nSPS) is 10.2. The van der Waals surface area contributed by atoms with E-state index in [1.165, 1.54) is 12.1 Å². The smallest absolute Gasteiger partial charge is 0.251 e. The van der Waals surface area contributed by atoms with E-state index in [4.69, 9.17) is 5.84 Å². The lowest BCUT2D eigenvalue weighted by atomic mass is 10.1. The largest absolute Gasteiger partial charge is 0.348 e. The van der Waals surface area contributed by atoms with Gasteiger partial charge in [-0.2, -0.15) is 0 Å². The van der Waals surface area contributed by atoms with Gasteiger partial charge in [0.15, 0.2) is 0 Å². The highest BCUT2D eigenvalue weighted by Gasteiger charge is 2.07. The van der Waals surface area contributed by atoms with E-state index >= 15 is 0 Å². The fourth-order valence-electron chi connectivity index (χ4n) is 1.90. The van der Waals surface area contributed by atoms with Crippen molar-refractivity contribution in [1.82, 2.24) is 5.32 Å². The van der Waals surface area contributed by atoms with Crippen LogP contribution in [0.5, 0.6) is 0 Å². The van der Waals surface area contributed by atoms with E-state index in [9.17, 15) is 9.18 Å². The molecule has 0 heterocycles. The first-order valence-corrected chi connectivity index (χ1v) is 6.20. The first-order valence-electron chi connectivity index (χ1n) is 6.20. The van der Waals surface area contributed by atoms with E-state index in [2.05, 4.69) is 10.7 Å². The third-order valence-corrected chi connectivity index (χ3v) is 2.99. The van der Waals surface area contributed by atoms with Crippen molar-refractivity contribution in [2.75, 3.05) is 5.43 Å². The van der Waals surface area contributed by atoms with E-state index < -0.39 is 0 Å². The highest BCUT2D eigenvalue weighted by Crippen LogP contribution is 2.15. The molecule has 0 bridgehead atoms. The molecule has 0 spiro atoms. The zero-order valence-electron chi connectivity index (χ0n) is 11.1. The van der Waals surface area contributed by atoms with Crippen LogP contribution in [0, 0.1) is 12.7 Å². The first kappa shape index (κ1) is 14.0. The van der Waals surface area contributed by atoms with Crippen LogP contribution in [-0.4, -0.2) is 5.91 Å². The molecule has 4 nitrogen and oxygen atoms in total. The van der Waals surface area contributed by atoms with Crippen LogP contribution < -0.4 is 16.6 Å². The number of hydrazine groups is 1. The van der Waals surface area contributed by atoms with E-state index in [-0.39, 0.29) is 18.3 Å². The summed E-state index contributed by atoms with van der Waals surface area (Å²) in [5, 5.41) is 2.75. The molecule has 2 aromatic carbocycles. The first-order chi connectivity index (χ1) is 9.60. The average molecular weight is 273 g/mol. The van der Waals surface area contributed by atoms with Crippen LogP contribution >= 0.6 is 0 Å². The van der Waals surface area contributed by atoms with Crippen LogP contribution in [0.15, 0.2) is 42.5 Å². The zero-order chi connectivity index (χ0) is 14.5. The van der Waals surface area contributed by atoms with Crippen molar-refractivity contribution in [3.8, 4) is 0 Å². The molecular formula is C15H16FN3O. The highest BCUT2D eigenvalue weighted by atomic mass is 19.1. The Balaban J connectivity index is 2.03. The Kier molecular flexibility index (Phi) is 4.32. The number of aryl methyl sites for hydroxylation is 1. The second-order valence-corrected chi connectivity index (χ2v) is 4.49. The van der Waals surface area contributed by atoms with Crippen LogP contribution in [0.25, 0.3) is 0 Å². The minimum Gasteiger partial charge on any atom is -0.348 e. The maximum atomic E-state index is 13.0. The summed E-state index contributed by atoms with van der Waals surface area (Å²) in [4.78, 5) is 12.0. The number of anilines is 1. The van der Waals surface area contributed by atoms with Crippen molar-refractivity contribution in [3.63, 3.8) is 0 Å². The van der Waals surface area contributed by atoms with Crippen LogP contribution in [0.2, 0.25) is 0 Å². The number of nitrogens with two attached hydrogens (primary N) is 1. The standard InChI is InChI=1S/C15H16FN3O/c1-10-7-12(5-6-14(10)19-17)15(20)18-9-11-3-2-4-13(16)8-11/h2-8,19H,9,17H2,1H3,(H,18,20). The number of nitrogens with one attached hydrogen (secondary N) is 2. The molecular weight excluding hydrogens is 257 g/mol. The molecule has 0 atom stereocenters. The summed E-state index contributed by atoms with van der Waals surface area (Å²) < 4.78 is 13.0. The fraction of sp³-hybridized carbons (Fsp3) is 0.133. The van der Waals surface area contributed by atoms with Crippen LogP contribution in [-0.2, 0) is 6.54 Å².